The third-order valence-electron chi connectivity index (χ3n) is 4.82. The van der Waals surface area contributed by atoms with Gasteiger partial charge in [0.1, 0.15) is 0 Å². The summed E-state index contributed by atoms with van der Waals surface area (Å²) in [5, 5.41) is 3.45. The van der Waals surface area contributed by atoms with Crippen LogP contribution in [0.4, 0.5) is 11.6 Å². The van der Waals surface area contributed by atoms with Crippen molar-refractivity contribution in [1.29, 1.82) is 0 Å². The molecule has 0 aliphatic heterocycles. The molecule has 8 nitrogen and oxygen atoms in total. The SMILES string of the molecule is Cc1ccc(C(=O)NNC(=O)c2ccc(I)cc2Cl)cc1Nc1nccc(-c2cccnc2)n1. The van der Waals surface area contributed by atoms with Crippen LogP contribution in [0.5, 0.6) is 0 Å². The lowest BCUT2D eigenvalue weighted by Crippen LogP contribution is -2.41. The Labute approximate surface area is 214 Å². The number of halogens is 2. The van der Waals surface area contributed by atoms with Crippen LogP contribution >= 0.6 is 34.2 Å². The monoisotopic (exact) mass is 584 g/mol. The van der Waals surface area contributed by atoms with Crippen LogP contribution in [0.1, 0.15) is 26.3 Å². The number of carbonyl (C=O) groups is 2. The number of hydrogen-bond acceptors (Lipinski definition) is 6. The molecule has 2 aromatic carbocycles. The Kier molecular flexibility index (Phi) is 7.33. The number of aromatic nitrogens is 3. The number of nitrogens with zero attached hydrogens (tertiary/aromatic N) is 3. The number of pyridine rings is 1. The second kappa shape index (κ2) is 10.6. The quantitative estimate of drug-likeness (QED) is 0.227. The number of hydrazine groups is 1. The molecular weight excluding hydrogens is 567 g/mol. The topological polar surface area (TPSA) is 109 Å². The van der Waals surface area contributed by atoms with E-state index in [1.165, 1.54) is 0 Å². The maximum atomic E-state index is 12.6. The Hall–Kier alpha value is -3.57. The first-order chi connectivity index (χ1) is 16.4. The van der Waals surface area contributed by atoms with Crippen molar-refractivity contribution >= 4 is 57.6 Å². The fourth-order valence-electron chi connectivity index (χ4n) is 3.04. The lowest BCUT2D eigenvalue weighted by Gasteiger charge is -2.12. The minimum absolute atomic E-state index is 0.263. The van der Waals surface area contributed by atoms with Crippen LogP contribution in [-0.2, 0) is 0 Å². The first kappa shape index (κ1) is 23.6. The average Bonchev–Trinajstić information content (AvgIpc) is 2.84. The van der Waals surface area contributed by atoms with Crippen molar-refractivity contribution in [3.63, 3.8) is 0 Å². The molecule has 0 aliphatic carbocycles. The van der Waals surface area contributed by atoms with Gasteiger partial charge in [-0.25, -0.2) is 9.97 Å². The summed E-state index contributed by atoms with van der Waals surface area (Å²) in [5.74, 6) is -0.618. The smallest absolute Gasteiger partial charge is 0.271 e. The zero-order valence-electron chi connectivity index (χ0n) is 17.8. The minimum atomic E-state index is -0.513. The maximum Gasteiger partial charge on any atom is 0.271 e. The van der Waals surface area contributed by atoms with Crippen molar-refractivity contribution < 1.29 is 9.59 Å². The zero-order chi connectivity index (χ0) is 24.1. The Morgan fingerprint density at radius 2 is 1.79 bits per heavy atom. The van der Waals surface area contributed by atoms with Crippen molar-refractivity contribution in [3.8, 4) is 11.3 Å². The zero-order valence-corrected chi connectivity index (χ0v) is 20.8. The van der Waals surface area contributed by atoms with E-state index in [1.54, 1.807) is 61.1 Å². The third-order valence-corrected chi connectivity index (χ3v) is 5.81. The minimum Gasteiger partial charge on any atom is -0.324 e. The van der Waals surface area contributed by atoms with Gasteiger partial charge in [0.05, 0.1) is 16.3 Å². The number of carbonyl (C=O) groups excluding carboxylic acids is 2. The predicted octanol–water partition coefficient (Wildman–Crippen LogP) is 4.92. The van der Waals surface area contributed by atoms with Crippen LogP contribution in [-0.4, -0.2) is 26.8 Å². The van der Waals surface area contributed by atoms with E-state index in [0.717, 1.165) is 14.7 Å². The summed E-state index contributed by atoms with van der Waals surface area (Å²) in [6, 6.07) is 15.7. The van der Waals surface area contributed by atoms with Gasteiger partial charge in [0, 0.05) is 39.0 Å². The van der Waals surface area contributed by atoms with Gasteiger partial charge in [0.2, 0.25) is 5.95 Å². The first-order valence-electron chi connectivity index (χ1n) is 10.1. The van der Waals surface area contributed by atoms with Crippen LogP contribution in [0, 0.1) is 10.5 Å². The molecule has 4 rings (SSSR count). The summed E-state index contributed by atoms with van der Waals surface area (Å²) >= 11 is 8.22. The second-order valence-electron chi connectivity index (χ2n) is 7.19. The lowest BCUT2D eigenvalue weighted by molar-refractivity contribution is 0.0847. The van der Waals surface area contributed by atoms with Gasteiger partial charge in [-0.1, -0.05) is 17.7 Å². The van der Waals surface area contributed by atoms with Gasteiger partial charge in [-0.2, -0.15) is 0 Å². The van der Waals surface area contributed by atoms with Gasteiger partial charge in [-0.05, 0) is 83.6 Å². The average molecular weight is 585 g/mol. The van der Waals surface area contributed by atoms with E-state index in [2.05, 4.69) is 53.7 Å². The number of anilines is 2. The molecule has 4 aromatic rings. The van der Waals surface area contributed by atoms with Gasteiger partial charge < -0.3 is 5.32 Å². The van der Waals surface area contributed by atoms with Gasteiger partial charge in [0.15, 0.2) is 0 Å². The van der Waals surface area contributed by atoms with E-state index in [9.17, 15) is 9.59 Å². The molecule has 2 aromatic heterocycles. The lowest BCUT2D eigenvalue weighted by atomic mass is 10.1. The fourth-order valence-corrected chi connectivity index (χ4v) is 3.98. The molecular formula is C24H18ClIN6O2. The van der Waals surface area contributed by atoms with E-state index in [-0.39, 0.29) is 5.56 Å². The van der Waals surface area contributed by atoms with Crippen molar-refractivity contribution in [2.75, 3.05) is 5.32 Å². The first-order valence-corrected chi connectivity index (χ1v) is 11.5. The number of benzene rings is 2. The van der Waals surface area contributed by atoms with Crippen molar-refractivity contribution in [2.24, 2.45) is 0 Å². The molecule has 0 saturated carbocycles. The number of hydrogen-bond donors (Lipinski definition) is 3. The highest BCUT2D eigenvalue weighted by Crippen LogP contribution is 2.22. The molecule has 3 N–H and O–H groups in total. The molecule has 0 spiro atoms. The molecule has 34 heavy (non-hydrogen) atoms. The largest absolute Gasteiger partial charge is 0.324 e. The predicted molar refractivity (Wildman–Crippen MR) is 139 cm³/mol. The van der Waals surface area contributed by atoms with Crippen LogP contribution in [0.25, 0.3) is 11.3 Å². The number of nitrogens with one attached hydrogen (secondary N) is 3. The molecule has 170 valence electrons. The Morgan fingerprint density at radius 3 is 2.56 bits per heavy atom. The van der Waals surface area contributed by atoms with Crippen molar-refractivity contribution in [3.05, 3.63) is 98.5 Å². The highest BCUT2D eigenvalue weighted by Gasteiger charge is 2.14. The standard InChI is InChI=1S/C24H18ClIN6O2/c1-14-4-5-15(22(33)31-32-23(34)18-7-6-17(26)12-19(18)25)11-21(14)30-24-28-10-8-20(29-24)16-3-2-9-27-13-16/h2-13H,1H3,(H,31,33)(H,32,34)(H,28,29,30). The maximum absolute atomic E-state index is 12.6. The van der Waals surface area contributed by atoms with E-state index in [4.69, 9.17) is 11.6 Å². The Balaban J connectivity index is 1.47. The van der Waals surface area contributed by atoms with E-state index in [1.807, 2.05) is 19.1 Å². The number of amides is 2. The van der Waals surface area contributed by atoms with Crippen LogP contribution in [0.2, 0.25) is 5.02 Å². The Bertz CT molecular complexity index is 1370. The van der Waals surface area contributed by atoms with Crippen LogP contribution in [0.15, 0.2) is 73.2 Å². The third kappa shape index (κ3) is 5.67. The highest BCUT2D eigenvalue weighted by molar-refractivity contribution is 14.1. The van der Waals surface area contributed by atoms with Gasteiger partial charge in [0.25, 0.3) is 11.8 Å². The van der Waals surface area contributed by atoms with E-state index < -0.39 is 11.8 Å². The molecule has 0 aliphatic rings. The normalized spacial score (nSPS) is 10.4. The molecule has 0 bridgehead atoms. The molecule has 0 saturated heterocycles. The molecule has 10 heteroatoms. The molecule has 2 amide bonds. The number of rotatable bonds is 5. The molecule has 0 atom stereocenters. The molecule has 0 unspecified atom stereocenters. The Morgan fingerprint density at radius 1 is 0.971 bits per heavy atom. The summed E-state index contributed by atoms with van der Waals surface area (Å²) in [6.07, 6.45) is 5.07. The van der Waals surface area contributed by atoms with E-state index >= 15 is 0 Å². The highest BCUT2D eigenvalue weighted by atomic mass is 127. The molecule has 0 radical (unpaired) electrons. The van der Waals surface area contributed by atoms with Gasteiger partial charge in [-0.3, -0.25) is 25.4 Å². The summed E-state index contributed by atoms with van der Waals surface area (Å²) in [7, 11) is 0. The van der Waals surface area contributed by atoms with Crippen molar-refractivity contribution in [1.82, 2.24) is 25.8 Å². The summed E-state index contributed by atoms with van der Waals surface area (Å²) in [6.45, 7) is 1.90. The van der Waals surface area contributed by atoms with Crippen LogP contribution in [0.3, 0.4) is 0 Å². The second-order valence-corrected chi connectivity index (χ2v) is 8.85. The summed E-state index contributed by atoms with van der Waals surface area (Å²) < 4.78 is 0.901. The fraction of sp³-hybridized carbons (Fsp3) is 0.0417. The number of aryl methyl sites for hydroxylation is 1. The van der Waals surface area contributed by atoms with Gasteiger partial charge >= 0.3 is 0 Å². The molecule has 0 fully saturated rings. The summed E-state index contributed by atoms with van der Waals surface area (Å²) in [5.41, 5.74) is 8.53. The summed E-state index contributed by atoms with van der Waals surface area (Å²) in [4.78, 5) is 37.9. The van der Waals surface area contributed by atoms with Crippen LogP contribution < -0.4 is 16.2 Å². The van der Waals surface area contributed by atoms with E-state index in [0.29, 0.717) is 27.9 Å². The van der Waals surface area contributed by atoms with Crippen molar-refractivity contribution in [2.45, 2.75) is 6.92 Å². The van der Waals surface area contributed by atoms with Gasteiger partial charge in [-0.15, -0.1) is 0 Å². The molecule has 2 heterocycles.